The minimum absolute atomic E-state index is 0.0143. The van der Waals surface area contributed by atoms with Crippen molar-refractivity contribution in [1.82, 2.24) is 10.2 Å². The summed E-state index contributed by atoms with van der Waals surface area (Å²) in [5.74, 6) is -0.358. The van der Waals surface area contributed by atoms with Crippen molar-refractivity contribution in [1.29, 1.82) is 0 Å². The lowest BCUT2D eigenvalue weighted by atomic mass is 9.87. The molecule has 0 spiro atoms. The standard InChI is InChI=1S/C17H28ClFN2/c1-6-20-16(17(4,5)21(7-2)8-3)12-13-9-10-15(19)14(18)11-13/h9-11,16,20H,6-8,12H2,1-5H3. The summed E-state index contributed by atoms with van der Waals surface area (Å²) >= 11 is 5.90. The van der Waals surface area contributed by atoms with Gasteiger partial charge in [-0.15, -0.1) is 0 Å². The van der Waals surface area contributed by atoms with Gasteiger partial charge in [-0.3, -0.25) is 4.90 Å². The number of nitrogens with zero attached hydrogens (tertiary/aromatic N) is 1. The molecule has 1 atom stereocenters. The predicted molar refractivity (Wildman–Crippen MR) is 89.6 cm³/mol. The molecule has 0 amide bonds. The van der Waals surface area contributed by atoms with Crippen LogP contribution in [-0.2, 0) is 6.42 Å². The first-order chi connectivity index (χ1) is 9.86. The number of benzene rings is 1. The van der Waals surface area contributed by atoms with Gasteiger partial charge >= 0.3 is 0 Å². The molecule has 1 rings (SSSR count). The quantitative estimate of drug-likeness (QED) is 0.776. The monoisotopic (exact) mass is 314 g/mol. The molecule has 0 heterocycles. The Bertz CT molecular complexity index is 444. The largest absolute Gasteiger partial charge is 0.312 e. The van der Waals surface area contributed by atoms with E-state index in [9.17, 15) is 4.39 Å². The van der Waals surface area contributed by atoms with E-state index in [1.54, 1.807) is 6.07 Å². The second kappa shape index (κ2) is 8.11. The van der Waals surface area contributed by atoms with Crippen molar-refractivity contribution in [2.75, 3.05) is 19.6 Å². The fourth-order valence-electron chi connectivity index (χ4n) is 2.98. The average Bonchev–Trinajstić information content (AvgIpc) is 2.43. The fourth-order valence-corrected chi connectivity index (χ4v) is 3.18. The predicted octanol–water partition coefficient (Wildman–Crippen LogP) is 4.12. The minimum Gasteiger partial charge on any atom is -0.312 e. The SMILES string of the molecule is CCNC(Cc1ccc(F)c(Cl)c1)C(C)(C)N(CC)CC. The number of hydrogen-bond acceptors (Lipinski definition) is 2. The second-order valence-corrected chi connectivity index (χ2v) is 6.30. The van der Waals surface area contributed by atoms with Crippen LogP contribution >= 0.6 is 11.6 Å². The van der Waals surface area contributed by atoms with Gasteiger partial charge in [-0.25, -0.2) is 4.39 Å². The molecule has 0 bridgehead atoms. The van der Waals surface area contributed by atoms with Gasteiger partial charge in [0.2, 0.25) is 0 Å². The first-order valence-electron chi connectivity index (χ1n) is 7.79. The molecule has 1 unspecified atom stereocenters. The highest BCUT2D eigenvalue weighted by molar-refractivity contribution is 6.30. The molecule has 2 nitrogen and oxygen atoms in total. The summed E-state index contributed by atoms with van der Waals surface area (Å²) in [5.41, 5.74) is 1.08. The molecule has 21 heavy (non-hydrogen) atoms. The van der Waals surface area contributed by atoms with E-state index < -0.39 is 0 Å². The molecule has 0 aromatic heterocycles. The zero-order valence-corrected chi connectivity index (χ0v) is 14.6. The van der Waals surface area contributed by atoms with Crippen LogP contribution < -0.4 is 5.32 Å². The van der Waals surface area contributed by atoms with E-state index in [-0.39, 0.29) is 22.4 Å². The number of hydrogen-bond donors (Lipinski definition) is 1. The topological polar surface area (TPSA) is 15.3 Å². The van der Waals surface area contributed by atoms with Crippen LogP contribution in [0.15, 0.2) is 18.2 Å². The van der Waals surface area contributed by atoms with Crippen molar-refractivity contribution in [2.45, 2.75) is 52.6 Å². The van der Waals surface area contributed by atoms with Gasteiger partial charge in [-0.1, -0.05) is 38.4 Å². The van der Waals surface area contributed by atoms with Gasteiger partial charge in [0.25, 0.3) is 0 Å². The van der Waals surface area contributed by atoms with Gasteiger partial charge in [0.15, 0.2) is 0 Å². The average molecular weight is 315 g/mol. The molecule has 120 valence electrons. The molecular weight excluding hydrogens is 287 g/mol. The maximum atomic E-state index is 13.3. The lowest BCUT2D eigenvalue weighted by Crippen LogP contribution is -2.58. The molecule has 1 aromatic carbocycles. The third-order valence-electron chi connectivity index (χ3n) is 4.31. The summed E-state index contributed by atoms with van der Waals surface area (Å²) in [7, 11) is 0. The maximum Gasteiger partial charge on any atom is 0.141 e. The van der Waals surface area contributed by atoms with E-state index in [0.717, 1.165) is 31.6 Å². The first kappa shape index (κ1) is 18.4. The summed E-state index contributed by atoms with van der Waals surface area (Å²) < 4.78 is 13.3. The van der Waals surface area contributed by atoms with Crippen LogP contribution in [0.3, 0.4) is 0 Å². The van der Waals surface area contributed by atoms with Crippen LogP contribution in [0.25, 0.3) is 0 Å². The Labute approximate surface area is 133 Å². The molecule has 4 heteroatoms. The third kappa shape index (κ3) is 4.67. The van der Waals surface area contributed by atoms with E-state index in [1.807, 2.05) is 6.07 Å². The van der Waals surface area contributed by atoms with Crippen molar-refractivity contribution < 1.29 is 4.39 Å². The Morgan fingerprint density at radius 3 is 2.33 bits per heavy atom. The van der Waals surface area contributed by atoms with Crippen molar-refractivity contribution in [3.63, 3.8) is 0 Å². The van der Waals surface area contributed by atoms with Gasteiger partial charge in [-0.2, -0.15) is 0 Å². The molecule has 0 aliphatic heterocycles. The number of nitrogens with one attached hydrogen (secondary N) is 1. The van der Waals surface area contributed by atoms with Crippen LogP contribution in [-0.4, -0.2) is 36.1 Å². The Morgan fingerprint density at radius 1 is 1.24 bits per heavy atom. The summed E-state index contributed by atoms with van der Waals surface area (Å²) in [5, 5.41) is 3.77. The van der Waals surface area contributed by atoms with E-state index in [1.165, 1.54) is 6.07 Å². The normalized spacial score (nSPS) is 13.7. The Kier molecular flexibility index (Phi) is 7.11. The van der Waals surface area contributed by atoms with Gasteiger partial charge in [0.1, 0.15) is 5.82 Å². The van der Waals surface area contributed by atoms with Crippen LogP contribution in [0.2, 0.25) is 5.02 Å². The molecule has 1 aromatic rings. The third-order valence-corrected chi connectivity index (χ3v) is 4.60. The van der Waals surface area contributed by atoms with Crippen LogP contribution in [0.4, 0.5) is 4.39 Å². The number of likely N-dealkylation sites (N-methyl/N-ethyl adjacent to an activating group) is 2. The molecule has 0 saturated carbocycles. The van der Waals surface area contributed by atoms with Crippen LogP contribution in [0, 0.1) is 5.82 Å². The molecule has 1 N–H and O–H groups in total. The first-order valence-corrected chi connectivity index (χ1v) is 8.16. The van der Waals surface area contributed by atoms with Gasteiger partial charge in [-0.05, 0) is 57.6 Å². The number of halogens is 2. The molecular formula is C17H28ClFN2. The van der Waals surface area contributed by atoms with E-state index in [4.69, 9.17) is 11.6 Å². The highest BCUT2D eigenvalue weighted by atomic mass is 35.5. The van der Waals surface area contributed by atoms with Crippen molar-refractivity contribution >= 4 is 11.6 Å². The Balaban J connectivity index is 2.97. The summed E-state index contributed by atoms with van der Waals surface area (Å²) in [6, 6.07) is 5.29. The van der Waals surface area contributed by atoms with Crippen LogP contribution in [0.5, 0.6) is 0 Å². The van der Waals surface area contributed by atoms with E-state index >= 15 is 0 Å². The van der Waals surface area contributed by atoms with E-state index in [0.29, 0.717) is 0 Å². The molecule has 0 radical (unpaired) electrons. The highest BCUT2D eigenvalue weighted by Crippen LogP contribution is 2.24. The summed E-state index contributed by atoms with van der Waals surface area (Å²) in [6.45, 7) is 13.9. The minimum atomic E-state index is -0.358. The fraction of sp³-hybridized carbons (Fsp3) is 0.647. The van der Waals surface area contributed by atoms with E-state index in [2.05, 4.69) is 44.8 Å². The molecule has 0 fully saturated rings. The van der Waals surface area contributed by atoms with Crippen LogP contribution in [0.1, 0.15) is 40.2 Å². The summed E-state index contributed by atoms with van der Waals surface area (Å²) in [6.07, 6.45) is 0.831. The molecule has 0 aliphatic rings. The van der Waals surface area contributed by atoms with Crippen molar-refractivity contribution in [3.05, 3.63) is 34.6 Å². The second-order valence-electron chi connectivity index (χ2n) is 5.89. The van der Waals surface area contributed by atoms with Gasteiger partial charge in [0, 0.05) is 11.6 Å². The van der Waals surface area contributed by atoms with Crippen molar-refractivity contribution in [2.24, 2.45) is 0 Å². The lowest BCUT2D eigenvalue weighted by Gasteiger charge is -2.44. The Morgan fingerprint density at radius 2 is 1.86 bits per heavy atom. The van der Waals surface area contributed by atoms with Gasteiger partial charge < -0.3 is 5.32 Å². The maximum absolute atomic E-state index is 13.3. The molecule has 0 aliphatic carbocycles. The Hall–Kier alpha value is -0.640. The smallest absolute Gasteiger partial charge is 0.141 e. The zero-order chi connectivity index (χ0) is 16.0. The summed E-state index contributed by atoms with van der Waals surface area (Å²) in [4.78, 5) is 2.45. The van der Waals surface area contributed by atoms with Crippen molar-refractivity contribution in [3.8, 4) is 0 Å². The number of rotatable bonds is 8. The highest BCUT2D eigenvalue weighted by Gasteiger charge is 2.33. The zero-order valence-electron chi connectivity index (χ0n) is 13.8. The molecule has 0 saturated heterocycles. The van der Waals surface area contributed by atoms with Gasteiger partial charge in [0.05, 0.1) is 5.02 Å². The lowest BCUT2D eigenvalue weighted by molar-refractivity contribution is 0.0918.